The normalized spacial score (nSPS) is 10.8. The molecule has 0 aliphatic heterocycles. The summed E-state index contributed by atoms with van der Waals surface area (Å²) in [7, 11) is 0. The van der Waals surface area contributed by atoms with Crippen molar-refractivity contribution in [3.05, 3.63) is 74.6 Å². The van der Waals surface area contributed by atoms with E-state index in [1.807, 2.05) is 37.3 Å². The number of hydrogen-bond acceptors (Lipinski definition) is 5. The van der Waals surface area contributed by atoms with Crippen LogP contribution in [0.15, 0.2) is 51.7 Å². The lowest BCUT2D eigenvalue weighted by atomic mass is 10.0. The van der Waals surface area contributed by atoms with Crippen LogP contribution < -0.4 is 10.4 Å². The molecule has 0 aliphatic rings. The van der Waals surface area contributed by atoms with Crippen LogP contribution >= 0.6 is 11.6 Å². The Morgan fingerprint density at radius 2 is 1.93 bits per heavy atom. The Bertz CT molecular complexity index is 1040. The van der Waals surface area contributed by atoms with Crippen LogP contribution in [0.5, 0.6) is 5.75 Å². The zero-order valence-corrected chi connectivity index (χ0v) is 16.5. The van der Waals surface area contributed by atoms with Crippen LogP contribution in [0.25, 0.3) is 11.0 Å². The number of ether oxygens (including phenoxy) is 2. The number of esters is 1. The number of hydrogen-bond donors (Lipinski definition) is 0. The van der Waals surface area contributed by atoms with Crippen molar-refractivity contribution in [3.63, 3.8) is 0 Å². The molecule has 0 radical (unpaired) electrons. The lowest BCUT2D eigenvalue weighted by Gasteiger charge is -2.12. The zero-order valence-electron chi connectivity index (χ0n) is 15.8. The summed E-state index contributed by atoms with van der Waals surface area (Å²) in [6.45, 7) is 4.23. The Morgan fingerprint density at radius 3 is 2.64 bits per heavy atom. The van der Waals surface area contributed by atoms with Gasteiger partial charge in [-0.3, -0.25) is 4.79 Å². The maximum Gasteiger partial charge on any atom is 0.339 e. The summed E-state index contributed by atoms with van der Waals surface area (Å²) in [5, 5.41) is 1.15. The second-order valence-corrected chi connectivity index (χ2v) is 6.76. The van der Waals surface area contributed by atoms with Crippen molar-refractivity contribution in [3.8, 4) is 5.75 Å². The summed E-state index contributed by atoms with van der Waals surface area (Å²) in [6.07, 6.45) is 0.379. The van der Waals surface area contributed by atoms with E-state index in [1.165, 1.54) is 0 Å². The van der Waals surface area contributed by atoms with Gasteiger partial charge in [0.15, 0.2) is 0 Å². The highest BCUT2D eigenvalue weighted by Gasteiger charge is 2.16. The molecule has 0 spiro atoms. The molecule has 28 heavy (non-hydrogen) atoms. The van der Waals surface area contributed by atoms with E-state index in [1.54, 1.807) is 19.1 Å². The molecule has 0 atom stereocenters. The Labute approximate surface area is 167 Å². The fourth-order valence-electron chi connectivity index (χ4n) is 2.99. The van der Waals surface area contributed by atoms with Crippen LogP contribution in [0.2, 0.25) is 5.02 Å². The molecule has 0 aliphatic carbocycles. The van der Waals surface area contributed by atoms with Gasteiger partial charge in [0.25, 0.3) is 0 Å². The predicted molar refractivity (Wildman–Crippen MR) is 108 cm³/mol. The first-order chi connectivity index (χ1) is 13.5. The first-order valence-electron chi connectivity index (χ1n) is 9.07. The van der Waals surface area contributed by atoms with Crippen molar-refractivity contribution >= 4 is 28.5 Å². The van der Waals surface area contributed by atoms with Crippen molar-refractivity contribution in [1.82, 2.24) is 0 Å². The van der Waals surface area contributed by atoms with E-state index in [9.17, 15) is 9.59 Å². The van der Waals surface area contributed by atoms with E-state index in [-0.39, 0.29) is 18.8 Å². The smallest absolute Gasteiger partial charge is 0.339 e. The molecule has 1 aromatic heterocycles. The van der Waals surface area contributed by atoms with Crippen molar-refractivity contribution in [2.75, 3.05) is 6.61 Å². The summed E-state index contributed by atoms with van der Waals surface area (Å²) >= 11 is 6.38. The third kappa shape index (κ3) is 4.54. The maximum absolute atomic E-state index is 12.4. The van der Waals surface area contributed by atoms with Gasteiger partial charge in [0, 0.05) is 23.4 Å². The molecule has 3 rings (SSSR count). The van der Waals surface area contributed by atoms with E-state index >= 15 is 0 Å². The minimum Gasteiger partial charge on any atom is -0.487 e. The van der Waals surface area contributed by atoms with Gasteiger partial charge in [0.2, 0.25) is 0 Å². The average molecular weight is 401 g/mol. The van der Waals surface area contributed by atoms with Crippen LogP contribution in [-0.2, 0) is 22.6 Å². The third-order valence-corrected chi connectivity index (χ3v) is 4.76. The lowest BCUT2D eigenvalue weighted by Crippen LogP contribution is -2.13. The molecule has 0 saturated carbocycles. The molecule has 3 aromatic rings. The highest BCUT2D eigenvalue weighted by molar-refractivity contribution is 6.32. The highest BCUT2D eigenvalue weighted by atomic mass is 35.5. The van der Waals surface area contributed by atoms with Crippen LogP contribution in [0.3, 0.4) is 0 Å². The Hall–Kier alpha value is -2.79. The fraction of sp³-hybridized carbons (Fsp3) is 0.273. The van der Waals surface area contributed by atoms with Crippen LogP contribution in [-0.4, -0.2) is 12.6 Å². The largest absolute Gasteiger partial charge is 0.487 e. The first kappa shape index (κ1) is 20.0. The lowest BCUT2D eigenvalue weighted by molar-refractivity contribution is -0.143. The molecular weight excluding hydrogens is 380 g/mol. The summed E-state index contributed by atoms with van der Waals surface area (Å²) in [5.74, 6) is 0.101. The maximum atomic E-state index is 12.4. The van der Waals surface area contributed by atoms with Gasteiger partial charge in [0.05, 0.1) is 11.6 Å². The van der Waals surface area contributed by atoms with Crippen LogP contribution in [0, 0.1) is 6.92 Å². The third-order valence-electron chi connectivity index (χ3n) is 4.46. The van der Waals surface area contributed by atoms with Gasteiger partial charge in [0.1, 0.15) is 17.9 Å². The molecule has 0 unspecified atom stereocenters. The average Bonchev–Trinajstić information content (AvgIpc) is 2.68. The molecule has 1 heterocycles. The number of benzene rings is 2. The SMILES string of the molecule is CCOC(=O)CCc1c(C)c2cc(Cl)c(OCc3ccccc3)cc2oc1=O. The molecule has 6 heteroatoms. The summed E-state index contributed by atoms with van der Waals surface area (Å²) in [4.78, 5) is 24.0. The molecule has 0 bridgehead atoms. The van der Waals surface area contributed by atoms with Gasteiger partial charge in [-0.05, 0) is 37.5 Å². The second-order valence-electron chi connectivity index (χ2n) is 6.35. The second kappa shape index (κ2) is 8.93. The quantitative estimate of drug-likeness (QED) is 0.420. The van der Waals surface area contributed by atoms with Gasteiger partial charge in [-0.15, -0.1) is 0 Å². The van der Waals surface area contributed by atoms with E-state index in [4.69, 9.17) is 25.5 Å². The highest BCUT2D eigenvalue weighted by Crippen LogP contribution is 2.32. The summed E-state index contributed by atoms with van der Waals surface area (Å²) < 4.78 is 16.2. The number of halogens is 1. The van der Waals surface area contributed by atoms with Gasteiger partial charge in [-0.1, -0.05) is 41.9 Å². The van der Waals surface area contributed by atoms with Crippen LogP contribution in [0.1, 0.15) is 30.0 Å². The van der Waals surface area contributed by atoms with Crippen molar-refractivity contribution in [2.45, 2.75) is 33.3 Å². The minimum atomic E-state index is -0.467. The van der Waals surface area contributed by atoms with E-state index in [0.717, 1.165) is 16.5 Å². The number of rotatable bonds is 7. The molecule has 5 nitrogen and oxygen atoms in total. The standard InChI is InChI=1S/C22H21ClO5/c1-3-26-21(24)10-9-16-14(2)17-11-18(23)20(12-19(17)28-22(16)25)27-13-15-7-5-4-6-8-15/h4-8,11-12H,3,9-10,13H2,1-2H3. The van der Waals surface area contributed by atoms with Crippen molar-refractivity contribution in [2.24, 2.45) is 0 Å². The monoisotopic (exact) mass is 400 g/mol. The van der Waals surface area contributed by atoms with Gasteiger partial charge in [-0.25, -0.2) is 4.79 Å². The summed E-state index contributed by atoms with van der Waals surface area (Å²) in [6, 6.07) is 13.1. The van der Waals surface area contributed by atoms with Gasteiger partial charge in [-0.2, -0.15) is 0 Å². The van der Waals surface area contributed by atoms with Crippen LogP contribution in [0.4, 0.5) is 0 Å². The van der Waals surface area contributed by atoms with Crippen molar-refractivity contribution < 1.29 is 18.7 Å². The Balaban J connectivity index is 1.87. The molecule has 0 amide bonds. The molecular formula is C22H21ClO5. The molecule has 146 valence electrons. The van der Waals surface area contributed by atoms with E-state index < -0.39 is 5.63 Å². The number of fused-ring (bicyclic) bond motifs is 1. The summed E-state index contributed by atoms with van der Waals surface area (Å²) in [5.41, 5.74) is 2.13. The first-order valence-corrected chi connectivity index (χ1v) is 9.45. The van der Waals surface area contributed by atoms with Crippen molar-refractivity contribution in [1.29, 1.82) is 0 Å². The molecule has 2 aromatic carbocycles. The molecule has 0 saturated heterocycles. The van der Waals surface area contributed by atoms with Gasteiger partial charge >= 0.3 is 11.6 Å². The van der Waals surface area contributed by atoms with E-state index in [0.29, 0.717) is 35.1 Å². The zero-order chi connectivity index (χ0) is 20.1. The molecule has 0 N–H and O–H groups in total. The minimum absolute atomic E-state index is 0.122. The number of aryl methyl sites for hydroxylation is 1. The topological polar surface area (TPSA) is 65.7 Å². The molecule has 0 fully saturated rings. The Morgan fingerprint density at radius 1 is 1.18 bits per heavy atom. The number of carbonyl (C=O) groups excluding carboxylic acids is 1. The number of carbonyl (C=O) groups is 1. The van der Waals surface area contributed by atoms with Gasteiger partial charge < -0.3 is 13.9 Å². The Kier molecular flexibility index (Phi) is 6.37. The van der Waals surface area contributed by atoms with E-state index in [2.05, 4.69) is 0 Å². The predicted octanol–water partition coefficient (Wildman–Crippen LogP) is 4.83. The fourth-order valence-corrected chi connectivity index (χ4v) is 3.20.